The van der Waals surface area contributed by atoms with Gasteiger partial charge in [0.05, 0.1) is 12.8 Å². The van der Waals surface area contributed by atoms with Crippen LogP contribution in [0.1, 0.15) is 40.1 Å². The van der Waals surface area contributed by atoms with Crippen LogP contribution in [0.25, 0.3) is 0 Å². The van der Waals surface area contributed by atoms with Gasteiger partial charge in [-0.15, -0.1) is 0 Å². The van der Waals surface area contributed by atoms with Gasteiger partial charge in [-0.05, 0) is 67.9 Å². The summed E-state index contributed by atoms with van der Waals surface area (Å²) in [5.74, 6) is -1.01. The van der Waals surface area contributed by atoms with Crippen molar-refractivity contribution in [2.75, 3.05) is 17.7 Å². The Morgan fingerprint density at radius 3 is 2.26 bits per heavy atom. The second kappa shape index (κ2) is 11.6. The zero-order valence-electron chi connectivity index (χ0n) is 19.6. The van der Waals surface area contributed by atoms with E-state index in [0.29, 0.717) is 29.2 Å². The molecular formula is C26H27FN4O4. The summed E-state index contributed by atoms with van der Waals surface area (Å²) >= 11 is 0. The van der Waals surface area contributed by atoms with Gasteiger partial charge in [0.15, 0.2) is 0 Å². The van der Waals surface area contributed by atoms with Crippen molar-refractivity contribution in [2.45, 2.75) is 26.4 Å². The molecule has 0 saturated heterocycles. The summed E-state index contributed by atoms with van der Waals surface area (Å²) < 4.78 is 18.7. The Balaban J connectivity index is 1.65. The summed E-state index contributed by atoms with van der Waals surface area (Å²) in [5.41, 5.74) is 2.16. The molecule has 0 aromatic heterocycles. The smallest absolute Gasteiger partial charge is 0.315 e. The number of hydrogen-bond donors (Lipinski definition) is 4. The molecular weight excluding hydrogens is 451 g/mol. The normalized spacial score (nSPS) is 10.4. The number of nitrogens with one attached hydrogen (secondary N) is 4. The van der Waals surface area contributed by atoms with Crippen LogP contribution in [0, 0.1) is 5.82 Å². The summed E-state index contributed by atoms with van der Waals surface area (Å²) in [7, 11) is 1.45. The maximum atomic E-state index is 13.5. The molecule has 182 valence electrons. The molecule has 3 aromatic carbocycles. The number of hydrogen-bond acceptors (Lipinski definition) is 4. The first-order valence-corrected chi connectivity index (χ1v) is 10.9. The number of urea groups is 1. The Bertz CT molecular complexity index is 1210. The highest BCUT2D eigenvalue weighted by Crippen LogP contribution is 2.28. The van der Waals surface area contributed by atoms with Crippen LogP contribution in [-0.2, 0) is 6.54 Å². The third kappa shape index (κ3) is 7.29. The van der Waals surface area contributed by atoms with Gasteiger partial charge in [-0.2, -0.15) is 0 Å². The van der Waals surface area contributed by atoms with E-state index in [-0.39, 0.29) is 23.5 Å². The first-order chi connectivity index (χ1) is 16.7. The fourth-order valence-electron chi connectivity index (χ4n) is 3.18. The van der Waals surface area contributed by atoms with Crippen LogP contribution < -0.4 is 26.0 Å². The first-order valence-electron chi connectivity index (χ1n) is 10.9. The number of rotatable bonds is 8. The van der Waals surface area contributed by atoms with Gasteiger partial charge in [0.1, 0.15) is 11.6 Å². The Morgan fingerprint density at radius 1 is 0.886 bits per heavy atom. The molecule has 4 amide bonds. The summed E-state index contributed by atoms with van der Waals surface area (Å²) in [5, 5.41) is 10.9. The molecule has 0 unspecified atom stereocenters. The van der Waals surface area contributed by atoms with Crippen molar-refractivity contribution in [2.24, 2.45) is 0 Å². The van der Waals surface area contributed by atoms with E-state index in [0.717, 1.165) is 11.6 Å². The number of benzene rings is 3. The van der Waals surface area contributed by atoms with Crippen molar-refractivity contribution in [3.8, 4) is 5.75 Å². The van der Waals surface area contributed by atoms with Gasteiger partial charge in [0.25, 0.3) is 11.8 Å². The lowest BCUT2D eigenvalue weighted by Gasteiger charge is -2.13. The lowest BCUT2D eigenvalue weighted by atomic mass is 10.1. The quantitative estimate of drug-likeness (QED) is 0.381. The van der Waals surface area contributed by atoms with Crippen LogP contribution in [0.4, 0.5) is 20.6 Å². The van der Waals surface area contributed by atoms with Crippen molar-refractivity contribution in [1.29, 1.82) is 0 Å². The third-order valence-electron chi connectivity index (χ3n) is 4.88. The van der Waals surface area contributed by atoms with E-state index in [2.05, 4.69) is 21.3 Å². The minimum atomic E-state index is -0.522. The number of ether oxygens (including phenoxy) is 1. The van der Waals surface area contributed by atoms with E-state index in [9.17, 15) is 18.8 Å². The molecule has 0 fully saturated rings. The van der Waals surface area contributed by atoms with Gasteiger partial charge in [0.2, 0.25) is 0 Å². The lowest BCUT2D eigenvalue weighted by Crippen LogP contribution is -2.39. The van der Waals surface area contributed by atoms with Gasteiger partial charge < -0.3 is 26.0 Å². The van der Waals surface area contributed by atoms with Crippen molar-refractivity contribution in [3.05, 3.63) is 89.2 Å². The molecule has 0 aliphatic carbocycles. The van der Waals surface area contributed by atoms with Gasteiger partial charge in [0, 0.05) is 29.4 Å². The molecule has 3 rings (SSSR count). The van der Waals surface area contributed by atoms with E-state index < -0.39 is 11.7 Å². The molecule has 0 heterocycles. The zero-order valence-corrected chi connectivity index (χ0v) is 19.6. The fourth-order valence-corrected chi connectivity index (χ4v) is 3.18. The Kier molecular flexibility index (Phi) is 8.39. The maximum Gasteiger partial charge on any atom is 0.315 e. The molecule has 0 aliphatic rings. The summed E-state index contributed by atoms with van der Waals surface area (Å²) in [6, 6.07) is 16.7. The molecule has 0 spiro atoms. The molecule has 3 aromatic rings. The predicted molar refractivity (Wildman–Crippen MR) is 132 cm³/mol. The molecule has 0 radical (unpaired) electrons. The minimum absolute atomic E-state index is 0.0363. The zero-order chi connectivity index (χ0) is 25.4. The van der Waals surface area contributed by atoms with E-state index >= 15 is 0 Å². The fraction of sp³-hybridized carbons (Fsp3) is 0.192. The molecule has 0 bridgehead atoms. The van der Waals surface area contributed by atoms with Crippen LogP contribution in [0.15, 0.2) is 66.7 Å². The number of amides is 4. The molecule has 35 heavy (non-hydrogen) atoms. The highest BCUT2D eigenvalue weighted by molar-refractivity contribution is 6.07. The summed E-state index contributed by atoms with van der Waals surface area (Å²) in [6.07, 6.45) is 0. The van der Waals surface area contributed by atoms with Crippen molar-refractivity contribution < 1.29 is 23.5 Å². The monoisotopic (exact) mass is 478 g/mol. The first kappa shape index (κ1) is 25.2. The average Bonchev–Trinajstić information content (AvgIpc) is 2.83. The Hall–Kier alpha value is -4.40. The summed E-state index contributed by atoms with van der Waals surface area (Å²) in [6.45, 7) is 4.07. The van der Waals surface area contributed by atoms with Crippen LogP contribution in [-0.4, -0.2) is 31.0 Å². The van der Waals surface area contributed by atoms with Crippen LogP contribution in [0.5, 0.6) is 5.75 Å². The van der Waals surface area contributed by atoms with Crippen LogP contribution in [0.3, 0.4) is 0 Å². The van der Waals surface area contributed by atoms with Crippen molar-refractivity contribution in [3.63, 3.8) is 0 Å². The van der Waals surface area contributed by atoms with Crippen molar-refractivity contribution >= 4 is 29.2 Å². The average molecular weight is 479 g/mol. The van der Waals surface area contributed by atoms with Gasteiger partial charge in [-0.1, -0.05) is 18.2 Å². The molecule has 0 atom stereocenters. The third-order valence-corrected chi connectivity index (χ3v) is 4.88. The molecule has 4 N–H and O–H groups in total. The largest absolute Gasteiger partial charge is 0.495 e. The predicted octanol–water partition coefficient (Wildman–Crippen LogP) is 4.55. The Labute approximate surface area is 202 Å². The summed E-state index contributed by atoms with van der Waals surface area (Å²) in [4.78, 5) is 36.9. The lowest BCUT2D eigenvalue weighted by molar-refractivity contribution is 0.101. The van der Waals surface area contributed by atoms with E-state index in [1.54, 1.807) is 42.5 Å². The van der Waals surface area contributed by atoms with Crippen LogP contribution >= 0.6 is 0 Å². The van der Waals surface area contributed by atoms with Crippen LogP contribution in [0.2, 0.25) is 0 Å². The van der Waals surface area contributed by atoms with E-state index in [1.165, 1.54) is 25.3 Å². The Morgan fingerprint density at radius 2 is 1.60 bits per heavy atom. The molecule has 8 nitrogen and oxygen atoms in total. The number of carbonyl (C=O) groups is 3. The van der Waals surface area contributed by atoms with E-state index in [1.807, 2.05) is 13.8 Å². The van der Waals surface area contributed by atoms with Gasteiger partial charge >= 0.3 is 6.03 Å². The number of anilines is 2. The van der Waals surface area contributed by atoms with E-state index in [4.69, 9.17) is 4.74 Å². The second-order valence-electron chi connectivity index (χ2n) is 8.01. The molecule has 9 heteroatoms. The second-order valence-corrected chi connectivity index (χ2v) is 8.01. The molecule has 0 saturated carbocycles. The highest BCUT2D eigenvalue weighted by atomic mass is 19.1. The SMILES string of the molecule is COc1ccc(NC(=O)c2ccc(CNC(=O)NC(C)C)cc2)cc1NC(=O)c1cccc(F)c1. The topological polar surface area (TPSA) is 109 Å². The highest BCUT2D eigenvalue weighted by Gasteiger charge is 2.13. The van der Waals surface area contributed by atoms with Gasteiger partial charge in [-0.25, -0.2) is 9.18 Å². The number of halogens is 1. The van der Waals surface area contributed by atoms with Gasteiger partial charge in [-0.3, -0.25) is 9.59 Å². The van der Waals surface area contributed by atoms with Crippen molar-refractivity contribution in [1.82, 2.24) is 10.6 Å². The standard InChI is InChI=1S/C26H27FN4O4/c1-16(2)29-26(34)28-15-17-7-9-18(10-8-17)24(32)30-21-11-12-23(35-3)22(14-21)31-25(33)19-5-4-6-20(27)13-19/h4-14,16H,15H2,1-3H3,(H,30,32)(H,31,33)(H2,28,29,34). The minimum Gasteiger partial charge on any atom is -0.495 e. The maximum absolute atomic E-state index is 13.5. The molecule has 0 aliphatic heterocycles. The number of methoxy groups -OCH3 is 1. The number of carbonyl (C=O) groups excluding carboxylic acids is 3.